The van der Waals surface area contributed by atoms with Gasteiger partial charge in [0.1, 0.15) is 0 Å². The van der Waals surface area contributed by atoms with Gasteiger partial charge < -0.3 is 17.7 Å². The SMILES string of the molecule is CCCN(CC(C)C)[Si](OC)(OC)N(CCC)CC(C)C.CCN(C1CCCC1)[Si](OC)(OC)N(CC)C1CCCC1. The standard InChI is InChI=1S/C16H34N2O2Si.C16H38N2O2Si/c1-5-17(15-11-7-8-12-15)21(19-3,20-4)18(6-2)16-13-9-10-14-16;1-9-11-17(13-15(3)4)21(19-7,20-8)18(12-10-2)14-16(5)6/h15-16H,5-14H2,1-4H3;15-16H,9-14H2,1-8H3. The third kappa shape index (κ3) is 10.6. The summed E-state index contributed by atoms with van der Waals surface area (Å²) < 4.78 is 34.7. The molecule has 2 fully saturated rings. The first kappa shape index (κ1) is 40.1. The largest absolute Gasteiger partial charge is 0.522 e. The molecule has 2 rings (SSSR count). The van der Waals surface area contributed by atoms with Gasteiger partial charge in [-0.2, -0.15) is 0 Å². The molecule has 2 aliphatic carbocycles. The molecule has 0 spiro atoms. The summed E-state index contributed by atoms with van der Waals surface area (Å²) in [5, 5.41) is 0. The highest BCUT2D eigenvalue weighted by atomic mass is 28.4. The second-order valence-electron chi connectivity index (χ2n) is 13.0. The summed E-state index contributed by atoms with van der Waals surface area (Å²) in [4.78, 5) is 0. The van der Waals surface area contributed by atoms with Gasteiger partial charge in [0.15, 0.2) is 0 Å². The molecule has 0 radical (unpaired) electrons. The maximum atomic E-state index is 6.19. The van der Waals surface area contributed by atoms with E-state index in [1.807, 2.05) is 28.4 Å². The lowest BCUT2D eigenvalue weighted by atomic mass is 10.2. The molecular formula is C32H72N4O4Si2. The summed E-state index contributed by atoms with van der Waals surface area (Å²) in [6, 6.07) is 1.30. The molecule has 0 heterocycles. The Bertz CT molecular complexity index is 623. The predicted octanol–water partition coefficient (Wildman–Crippen LogP) is 6.69. The van der Waals surface area contributed by atoms with E-state index in [1.54, 1.807) is 0 Å². The Kier molecular flexibility index (Phi) is 20.1. The van der Waals surface area contributed by atoms with Crippen molar-refractivity contribution in [3.05, 3.63) is 0 Å². The van der Waals surface area contributed by atoms with Crippen molar-refractivity contribution in [2.24, 2.45) is 11.8 Å². The lowest BCUT2D eigenvalue weighted by molar-refractivity contribution is 0.0637. The molecule has 0 aromatic heterocycles. The monoisotopic (exact) mass is 633 g/mol. The lowest BCUT2D eigenvalue weighted by Crippen LogP contribution is -2.72. The highest BCUT2D eigenvalue weighted by Gasteiger charge is 2.54. The van der Waals surface area contributed by atoms with Crippen LogP contribution < -0.4 is 0 Å². The zero-order chi connectivity index (χ0) is 31.8. The Morgan fingerprint density at radius 3 is 1.07 bits per heavy atom. The molecule has 0 aliphatic heterocycles. The quantitative estimate of drug-likeness (QED) is 0.138. The third-order valence-corrected chi connectivity index (χ3v) is 16.3. The maximum absolute atomic E-state index is 6.19. The topological polar surface area (TPSA) is 49.9 Å². The molecule has 0 N–H and O–H groups in total. The van der Waals surface area contributed by atoms with Gasteiger partial charge >= 0.3 is 17.8 Å². The van der Waals surface area contributed by atoms with Gasteiger partial charge in [0.2, 0.25) is 0 Å². The van der Waals surface area contributed by atoms with Gasteiger partial charge in [-0.05, 0) is 89.6 Å². The minimum absolute atomic E-state index is 0.608. The van der Waals surface area contributed by atoms with Gasteiger partial charge in [-0.3, -0.25) is 18.3 Å². The summed E-state index contributed by atoms with van der Waals surface area (Å²) in [6.07, 6.45) is 12.9. The van der Waals surface area contributed by atoms with Crippen LogP contribution in [0.3, 0.4) is 0 Å². The van der Waals surface area contributed by atoms with Crippen molar-refractivity contribution in [3.8, 4) is 0 Å². The zero-order valence-electron chi connectivity index (χ0n) is 30.0. The minimum Gasteiger partial charge on any atom is -0.374 e. The average molecular weight is 633 g/mol. The fourth-order valence-corrected chi connectivity index (χ4v) is 14.9. The smallest absolute Gasteiger partial charge is 0.374 e. The molecule has 2 aliphatic rings. The van der Waals surface area contributed by atoms with Gasteiger partial charge in [0.25, 0.3) is 0 Å². The molecule has 2 saturated carbocycles. The molecule has 0 aromatic rings. The van der Waals surface area contributed by atoms with Crippen molar-refractivity contribution in [1.29, 1.82) is 0 Å². The van der Waals surface area contributed by atoms with Crippen LogP contribution >= 0.6 is 0 Å². The van der Waals surface area contributed by atoms with Crippen LogP contribution in [0.15, 0.2) is 0 Å². The molecule has 0 bridgehead atoms. The van der Waals surface area contributed by atoms with E-state index >= 15 is 0 Å². The first-order valence-electron chi connectivity index (χ1n) is 17.3. The average Bonchev–Trinajstić information content (AvgIpc) is 3.69. The van der Waals surface area contributed by atoms with Crippen LogP contribution in [0.5, 0.6) is 0 Å². The Labute approximate surface area is 264 Å². The molecule has 252 valence electrons. The molecule has 0 amide bonds. The first-order valence-corrected chi connectivity index (χ1v) is 20.8. The lowest BCUT2D eigenvalue weighted by Gasteiger charge is -2.48. The van der Waals surface area contributed by atoms with Crippen molar-refractivity contribution in [3.63, 3.8) is 0 Å². The van der Waals surface area contributed by atoms with Crippen LogP contribution in [0, 0.1) is 11.8 Å². The van der Waals surface area contributed by atoms with Gasteiger partial charge in [-0.25, -0.2) is 0 Å². The summed E-state index contributed by atoms with van der Waals surface area (Å²) in [7, 11) is 2.41. The summed E-state index contributed by atoms with van der Waals surface area (Å²) in [6.45, 7) is 24.2. The van der Waals surface area contributed by atoms with Gasteiger partial charge in [0.05, 0.1) is 0 Å². The highest BCUT2D eigenvalue weighted by molar-refractivity contribution is 6.62. The molecule has 8 nitrogen and oxygen atoms in total. The number of hydrogen-bond acceptors (Lipinski definition) is 8. The molecular weight excluding hydrogens is 561 g/mol. The molecule has 0 atom stereocenters. The maximum Gasteiger partial charge on any atom is 0.522 e. The molecule has 0 saturated heterocycles. The summed E-state index contributed by atoms with van der Waals surface area (Å²) in [5.74, 6) is 1.22. The Hall–Kier alpha value is 0.114. The van der Waals surface area contributed by atoms with Crippen molar-refractivity contribution in [2.75, 3.05) is 67.7 Å². The first-order chi connectivity index (χ1) is 20.1. The minimum atomic E-state index is -2.50. The number of nitrogens with zero attached hydrogens (tertiary/aromatic N) is 4. The number of hydrogen-bond donors (Lipinski definition) is 0. The van der Waals surface area contributed by atoms with E-state index in [1.165, 1.54) is 51.4 Å². The van der Waals surface area contributed by atoms with E-state index in [0.29, 0.717) is 23.9 Å². The number of rotatable bonds is 20. The highest BCUT2D eigenvalue weighted by Crippen LogP contribution is 2.34. The molecule has 42 heavy (non-hydrogen) atoms. The van der Waals surface area contributed by atoms with E-state index in [0.717, 1.165) is 52.1 Å². The van der Waals surface area contributed by atoms with Gasteiger partial charge in [-0.15, -0.1) is 0 Å². The molecule has 10 heteroatoms. The van der Waals surface area contributed by atoms with E-state index in [4.69, 9.17) is 17.7 Å². The van der Waals surface area contributed by atoms with Crippen molar-refractivity contribution < 1.29 is 17.7 Å². The second kappa shape index (κ2) is 21.0. The molecule has 0 unspecified atom stereocenters. The fraction of sp³-hybridized carbons (Fsp3) is 1.00. The van der Waals surface area contributed by atoms with Crippen molar-refractivity contribution in [1.82, 2.24) is 18.3 Å². The zero-order valence-corrected chi connectivity index (χ0v) is 32.0. The Balaban J connectivity index is 0.000000420. The Morgan fingerprint density at radius 1 is 0.548 bits per heavy atom. The second-order valence-corrected chi connectivity index (χ2v) is 19.3. The van der Waals surface area contributed by atoms with Gasteiger partial charge in [0, 0.05) is 40.5 Å². The van der Waals surface area contributed by atoms with Crippen LogP contribution in [0.1, 0.15) is 120 Å². The van der Waals surface area contributed by atoms with E-state index in [-0.39, 0.29) is 0 Å². The van der Waals surface area contributed by atoms with E-state index in [2.05, 4.69) is 73.7 Å². The van der Waals surface area contributed by atoms with Crippen LogP contribution in [-0.4, -0.2) is 116 Å². The summed E-state index contributed by atoms with van der Waals surface area (Å²) >= 11 is 0. The van der Waals surface area contributed by atoms with Crippen LogP contribution in [0.25, 0.3) is 0 Å². The van der Waals surface area contributed by atoms with Crippen LogP contribution in [0.4, 0.5) is 0 Å². The predicted molar refractivity (Wildman–Crippen MR) is 182 cm³/mol. The van der Waals surface area contributed by atoms with Crippen molar-refractivity contribution >= 4 is 17.8 Å². The van der Waals surface area contributed by atoms with Gasteiger partial charge in [-0.1, -0.05) is 81.1 Å². The van der Waals surface area contributed by atoms with Crippen LogP contribution in [-0.2, 0) is 17.7 Å². The normalized spacial score (nSPS) is 17.6. The summed E-state index contributed by atoms with van der Waals surface area (Å²) in [5.41, 5.74) is 0. The molecule has 0 aromatic carbocycles. The van der Waals surface area contributed by atoms with Crippen molar-refractivity contribution in [2.45, 2.75) is 132 Å². The third-order valence-electron chi connectivity index (χ3n) is 8.96. The Morgan fingerprint density at radius 2 is 0.857 bits per heavy atom. The fourth-order valence-electron chi connectivity index (χ4n) is 7.44. The van der Waals surface area contributed by atoms with E-state index < -0.39 is 17.8 Å². The van der Waals surface area contributed by atoms with Crippen LogP contribution in [0.2, 0.25) is 0 Å². The van der Waals surface area contributed by atoms with E-state index in [9.17, 15) is 0 Å².